The van der Waals surface area contributed by atoms with Gasteiger partial charge >= 0.3 is 0 Å². The monoisotopic (exact) mass is 240 g/mol. The molecular formula is C15H16N2O. The van der Waals surface area contributed by atoms with Gasteiger partial charge in [0.05, 0.1) is 23.7 Å². The molecule has 92 valence electrons. The Hall–Kier alpha value is -2.08. The van der Waals surface area contributed by atoms with E-state index in [9.17, 15) is 4.79 Å². The highest BCUT2D eigenvalue weighted by Crippen LogP contribution is 2.13. The van der Waals surface area contributed by atoms with E-state index < -0.39 is 0 Å². The van der Waals surface area contributed by atoms with E-state index in [2.05, 4.69) is 16.9 Å². The van der Waals surface area contributed by atoms with Gasteiger partial charge in [-0.25, -0.2) is 4.52 Å². The first-order valence-electron chi connectivity index (χ1n) is 5.93. The number of carbonyl (C=O) groups is 1. The number of aromatic nitrogens is 2. The summed E-state index contributed by atoms with van der Waals surface area (Å²) in [6.45, 7) is 6.08. The molecule has 0 bridgehead atoms. The number of carbonyl (C=O) groups excluding carboxylic acids is 1. The first-order valence-corrected chi connectivity index (χ1v) is 5.93. The molecule has 0 N–H and O–H groups in total. The van der Waals surface area contributed by atoms with Crippen molar-refractivity contribution < 1.29 is 4.79 Å². The van der Waals surface area contributed by atoms with Crippen LogP contribution in [0.3, 0.4) is 0 Å². The number of pyridine rings is 1. The second-order valence-electron chi connectivity index (χ2n) is 5.24. The van der Waals surface area contributed by atoms with Gasteiger partial charge in [0.1, 0.15) is 0 Å². The third-order valence-electron chi connectivity index (χ3n) is 2.44. The average Bonchev–Trinajstić information content (AvgIpc) is 2.70. The van der Waals surface area contributed by atoms with Crippen LogP contribution in [0.5, 0.6) is 0 Å². The third kappa shape index (κ3) is 2.78. The van der Waals surface area contributed by atoms with Gasteiger partial charge in [-0.2, -0.15) is 5.10 Å². The summed E-state index contributed by atoms with van der Waals surface area (Å²) in [5, 5.41) is 4.14. The Morgan fingerprint density at radius 1 is 1.39 bits per heavy atom. The lowest BCUT2D eigenvalue weighted by Gasteiger charge is -2.06. The molecule has 0 atom stereocenters. The van der Waals surface area contributed by atoms with Crippen LogP contribution >= 0.6 is 0 Å². The van der Waals surface area contributed by atoms with Gasteiger partial charge in [0.25, 0.3) is 0 Å². The molecule has 3 heteroatoms. The lowest BCUT2D eigenvalue weighted by Crippen LogP contribution is -2.01. The quantitative estimate of drug-likeness (QED) is 0.597. The predicted molar refractivity (Wildman–Crippen MR) is 71.4 cm³/mol. The van der Waals surface area contributed by atoms with Crippen molar-refractivity contribution in [3.05, 3.63) is 36.2 Å². The molecule has 2 heterocycles. The molecule has 3 nitrogen and oxygen atoms in total. The Morgan fingerprint density at radius 2 is 2.17 bits per heavy atom. The number of ketones is 1. The fourth-order valence-corrected chi connectivity index (χ4v) is 1.63. The molecule has 0 aliphatic carbocycles. The van der Waals surface area contributed by atoms with Crippen LogP contribution in [0, 0.1) is 17.3 Å². The molecule has 0 saturated carbocycles. The number of nitrogens with zero attached hydrogens (tertiary/aromatic N) is 2. The van der Waals surface area contributed by atoms with Gasteiger partial charge in [-0.3, -0.25) is 4.79 Å². The number of hydrogen-bond donors (Lipinski definition) is 0. The average molecular weight is 240 g/mol. The Balaban J connectivity index is 2.21. The molecule has 0 aliphatic heterocycles. The molecule has 0 aromatic carbocycles. The second-order valence-corrected chi connectivity index (χ2v) is 5.24. The van der Waals surface area contributed by atoms with Crippen molar-refractivity contribution in [1.29, 1.82) is 0 Å². The summed E-state index contributed by atoms with van der Waals surface area (Å²) in [5.74, 6) is 6.03. The smallest absolute Gasteiger partial charge is 0.178 e. The van der Waals surface area contributed by atoms with Crippen LogP contribution in [0.15, 0.2) is 30.6 Å². The molecule has 0 spiro atoms. The molecule has 0 fully saturated rings. The van der Waals surface area contributed by atoms with Gasteiger partial charge in [0, 0.05) is 11.6 Å². The SMILES string of the molecule is CC(C)(C)C#CCC(=O)c1cnn2ccccc12. The van der Waals surface area contributed by atoms with E-state index in [0.29, 0.717) is 5.56 Å². The van der Waals surface area contributed by atoms with Crippen molar-refractivity contribution in [2.24, 2.45) is 5.41 Å². The minimum Gasteiger partial charge on any atom is -0.293 e. The maximum Gasteiger partial charge on any atom is 0.178 e. The predicted octanol–water partition coefficient (Wildman–Crippen LogP) is 2.96. The minimum absolute atomic E-state index is 0.0213. The molecule has 0 unspecified atom stereocenters. The summed E-state index contributed by atoms with van der Waals surface area (Å²) >= 11 is 0. The van der Waals surface area contributed by atoms with Crippen LogP contribution in [0.1, 0.15) is 37.6 Å². The molecule has 0 radical (unpaired) electrons. The first kappa shape index (κ1) is 12.4. The standard InChI is InChI=1S/C15H16N2O/c1-15(2,3)9-6-8-14(18)12-11-16-17-10-5-4-7-13(12)17/h4-5,7,10-11H,8H2,1-3H3. The van der Waals surface area contributed by atoms with Gasteiger partial charge in [-0.15, -0.1) is 0 Å². The summed E-state index contributed by atoms with van der Waals surface area (Å²) in [7, 11) is 0. The number of rotatable bonds is 2. The molecule has 2 aromatic heterocycles. The van der Waals surface area contributed by atoms with Gasteiger partial charge in [0.15, 0.2) is 5.78 Å². The van der Waals surface area contributed by atoms with Crippen molar-refractivity contribution in [2.75, 3.05) is 0 Å². The molecule has 2 aromatic rings. The molecule has 18 heavy (non-hydrogen) atoms. The molecule has 2 rings (SSSR count). The molecule has 0 aliphatic rings. The number of Topliss-reactive ketones (excluding diaryl/α,β-unsaturated/α-hetero) is 1. The largest absolute Gasteiger partial charge is 0.293 e. The topological polar surface area (TPSA) is 34.4 Å². The number of fused-ring (bicyclic) bond motifs is 1. The van der Waals surface area contributed by atoms with Crippen molar-refractivity contribution in [3.63, 3.8) is 0 Å². The first-order chi connectivity index (χ1) is 8.47. The van der Waals surface area contributed by atoms with E-state index in [1.807, 2.05) is 45.2 Å². The fraction of sp³-hybridized carbons (Fsp3) is 0.333. The van der Waals surface area contributed by atoms with E-state index in [1.165, 1.54) is 0 Å². The van der Waals surface area contributed by atoms with Gasteiger partial charge in [-0.1, -0.05) is 17.9 Å². The van der Waals surface area contributed by atoms with Crippen molar-refractivity contribution in [1.82, 2.24) is 9.61 Å². The van der Waals surface area contributed by atoms with E-state index >= 15 is 0 Å². The normalized spacial score (nSPS) is 11.1. The van der Waals surface area contributed by atoms with Gasteiger partial charge < -0.3 is 0 Å². The molecule has 0 saturated heterocycles. The van der Waals surface area contributed by atoms with E-state index in [1.54, 1.807) is 10.7 Å². The maximum atomic E-state index is 12.0. The van der Waals surface area contributed by atoms with E-state index in [0.717, 1.165) is 5.52 Å². The van der Waals surface area contributed by atoms with Crippen LogP contribution in [-0.4, -0.2) is 15.4 Å². The van der Waals surface area contributed by atoms with E-state index in [4.69, 9.17) is 0 Å². The zero-order chi connectivity index (χ0) is 13.2. The van der Waals surface area contributed by atoms with Crippen LogP contribution in [0.25, 0.3) is 5.52 Å². The lowest BCUT2D eigenvalue weighted by molar-refractivity contribution is 0.0999. The van der Waals surface area contributed by atoms with Crippen LogP contribution in [-0.2, 0) is 0 Å². The Labute approximate surface area is 107 Å². The fourth-order valence-electron chi connectivity index (χ4n) is 1.63. The summed E-state index contributed by atoms with van der Waals surface area (Å²) in [5.41, 5.74) is 1.40. The zero-order valence-corrected chi connectivity index (χ0v) is 10.9. The molecule has 0 amide bonds. The maximum absolute atomic E-state index is 12.0. The Kier molecular flexibility index (Phi) is 3.20. The summed E-state index contributed by atoms with van der Waals surface area (Å²) in [4.78, 5) is 12.0. The Bertz CT molecular complexity index is 636. The van der Waals surface area contributed by atoms with Crippen LogP contribution < -0.4 is 0 Å². The summed E-state index contributed by atoms with van der Waals surface area (Å²) < 4.78 is 1.70. The van der Waals surface area contributed by atoms with Crippen molar-refractivity contribution >= 4 is 11.3 Å². The van der Waals surface area contributed by atoms with Gasteiger partial charge in [0.2, 0.25) is 0 Å². The molecular weight excluding hydrogens is 224 g/mol. The number of hydrogen-bond acceptors (Lipinski definition) is 2. The second kappa shape index (κ2) is 4.66. The van der Waals surface area contributed by atoms with Gasteiger partial charge in [-0.05, 0) is 32.9 Å². The van der Waals surface area contributed by atoms with Crippen molar-refractivity contribution in [2.45, 2.75) is 27.2 Å². The lowest BCUT2D eigenvalue weighted by atomic mass is 9.97. The third-order valence-corrected chi connectivity index (χ3v) is 2.44. The minimum atomic E-state index is -0.0681. The van der Waals surface area contributed by atoms with Crippen LogP contribution in [0.2, 0.25) is 0 Å². The van der Waals surface area contributed by atoms with Crippen molar-refractivity contribution in [3.8, 4) is 11.8 Å². The Morgan fingerprint density at radius 3 is 2.89 bits per heavy atom. The summed E-state index contributed by atoms with van der Waals surface area (Å²) in [6.07, 6.45) is 3.68. The highest BCUT2D eigenvalue weighted by Gasteiger charge is 2.11. The van der Waals surface area contributed by atoms with Crippen LogP contribution in [0.4, 0.5) is 0 Å². The zero-order valence-electron chi connectivity index (χ0n) is 10.9. The highest BCUT2D eigenvalue weighted by atomic mass is 16.1. The highest BCUT2D eigenvalue weighted by molar-refractivity contribution is 6.03. The van der Waals surface area contributed by atoms with E-state index in [-0.39, 0.29) is 17.6 Å². The summed E-state index contributed by atoms with van der Waals surface area (Å²) in [6, 6.07) is 5.67.